The Balaban J connectivity index is 2.02. The number of urea groups is 1. The van der Waals surface area contributed by atoms with Crippen molar-refractivity contribution in [2.75, 3.05) is 33.4 Å². The third kappa shape index (κ3) is 4.21. The lowest BCUT2D eigenvalue weighted by atomic mass is 9.83. The molecule has 1 saturated heterocycles. The Morgan fingerprint density at radius 2 is 2.18 bits per heavy atom. The quantitative estimate of drug-likeness (QED) is 0.876. The van der Waals surface area contributed by atoms with Crippen molar-refractivity contribution in [3.63, 3.8) is 0 Å². The molecule has 1 aliphatic heterocycles. The summed E-state index contributed by atoms with van der Waals surface area (Å²) in [5.74, 6) is 0. The van der Waals surface area contributed by atoms with Crippen LogP contribution in [0.3, 0.4) is 0 Å². The fraction of sp³-hybridized carbons (Fsp3) is 0.588. The minimum absolute atomic E-state index is 0.0923. The van der Waals surface area contributed by atoms with E-state index in [0.29, 0.717) is 13.2 Å². The molecule has 2 amide bonds. The zero-order valence-electron chi connectivity index (χ0n) is 13.4. The number of aliphatic hydroxyl groups excluding tert-OH is 1. The molecule has 1 aromatic rings. The Hall–Kier alpha value is -1.59. The van der Waals surface area contributed by atoms with Crippen LogP contribution in [0.25, 0.3) is 0 Å². The first-order valence-corrected chi connectivity index (χ1v) is 7.78. The first-order valence-electron chi connectivity index (χ1n) is 7.78. The predicted octanol–water partition coefficient (Wildman–Crippen LogP) is 2.18. The Bertz CT molecular complexity index is 480. The molecule has 0 aromatic heterocycles. The molecule has 122 valence electrons. The van der Waals surface area contributed by atoms with Crippen LogP contribution < -0.4 is 5.32 Å². The number of nitrogens with zero attached hydrogens (tertiary/aromatic N) is 1. The van der Waals surface area contributed by atoms with Crippen molar-refractivity contribution >= 4 is 6.03 Å². The SMILES string of the molecule is COCC(NC(=O)N1CCCC(C)(CO)C1)c1ccccc1. The number of benzene rings is 1. The van der Waals surface area contributed by atoms with Crippen LogP contribution in [-0.4, -0.2) is 49.5 Å². The molecular formula is C17H26N2O3. The number of rotatable bonds is 5. The molecule has 2 N–H and O–H groups in total. The number of aliphatic hydroxyl groups is 1. The summed E-state index contributed by atoms with van der Waals surface area (Å²) in [6.45, 7) is 3.88. The van der Waals surface area contributed by atoms with Gasteiger partial charge in [0.25, 0.3) is 0 Å². The van der Waals surface area contributed by atoms with Gasteiger partial charge in [-0.15, -0.1) is 0 Å². The number of carbonyl (C=O) groups excluding carboxylic acids is 1. The van der Waals surface area contributed by atoms with Crippen LogP contribution in [0.4, 0.5) is 4.79 Å². The van der Waals surface area contributed by atoms with Gasteiger partial charge in [-0.3, -0.25) is 0 Å². The van der Waals surface area contributed by atoms with E-state index < -0.39 is 0 Å². The third-order valence-corrected chi connectivity index (χ3v) is 4.28. The van der Waals surface area contributed by atoms with E-state index >= 15 is 0 Å². The van der Waals surface area contributed by atoms with Gasteiger partial charge in [0.1, 0.15) is 0 Å². The molecule has 1 aromatic carbocycles. The summed E-state index contributed by atoms with van der Waals surface area (Å²) >= 11 is 0. The monoisotopic (exact) mass is 306 g/mol. The number of carbonyl (C=O) groups is 1. The molecule has 0 radical (unpaired) electrons. The minimum atomic E-state index is -0.195. The fourth-order valence-corrected chi connectivity index (χ4v) is 2.93. The highest BCUT2D eigenvalue weighted by Crippen LogP contribution is 2.29. The summed E-state index contributed by atoms with van der Waals surface area (Å²) in [5.41, 5.74) is 0.832. The first-order chi connectivity index (χ1) is 10.6. The Labute approximate surface area is 132 Å². The molecule has 0 saturated carbocycles. The smallest absolute Gasteiger partial charge is 0.317 e. The highest BCUT2D eigenvalue weighted by atomic mass is 16.5. The van der Waals surface area contributed by atoms with E-state index in [-0.39, 0.29) is 24.1 Å². The van der Waals surface area contributed by atoms with Gasteiger partial charge in [0.15, 0.2) is 0 Å². The van der Waals surface area contributed by atoms with Gasteiger partial charge in [-0.05, 0) is 18.4 Å². The number of hydrogen-bond acceptors (Lipinski definition) is 3. The number of amides is 2. The maximum Gasteiger partial charge on any atom is 0.317 e. The molecule has 1 fully saturated rings. The van der Waals surface area contributed by atoms with Crippen LogP contribution in [0, 0.1) is 5.41 Å². The topological polar surface area (TPSA) is 61.8 Å². The summed E-state index contributed by atoms with van der Waals surface area (Å²) in [6.07, 6.45) is 1.87. The number of nitrogens with one attached hydrogen (secondary N) is 1. The van der Waals surface area contributed by atoms with Crippen molar-refractivity contribution in [2.45, 2.75) is 25.8 Å². The van der Waals surface area contributed by atoms with Crippen molar-refractivity contribution in [1.82, 2.24) is 10.2 Å². The van der Waals surface area contributed by atoms with Crippen LogP contribution in [-0.2, 0) is 4.74 Å². The van der Waals surface area contributed by atoms with Crippen LogP contribution in [0.1, 0.15) is 31.4 Å². The largest absolute Gasteiger partial charge is 0.396 e. The second kappa shape index (κ2) is 7.61. The van der Waals surface area contributed by atoms with E-state index in [1.807, 2.05) is 37.3 Å². The van der Waals surface area contributed by atoms with E-state index in [1.54, 1.807) is 12.0 Å². The zero-order chi connectivity index (χ0) is 16.0. The second-order valence-electron chi connectivity index (χ2n) is 6.36. The normalized spacial score (nSPS) is 23.1. The number of ether oxygens (including phenoxy) is 1. The van der Waals surface area contributed by atoms with Gasteiger partial charge in [0.2, 0.25) is 0 Å². The van der Waals surface area contributed by atoms with Crippen molar-refractivity contribution in [3.8, 4) is 0 Å². The van der Waals surface area contributed by atoms with Gasteiger partial charge in [-0.25, -0.2) is 4.79 Å². The van der Waals surface area contributed by atoms with Gasteiger partial charge >= 0.3 is 6.03 Å². The summed E-state index contributed by atoms with van der Waals surface area (Å²) < 4.78 is 5.24. The van der Waals surface area contributed by atoms with Crippen molar-refractivity contribution in [1.29, 1.82) is 0 Å². The fourth-order valence-electron chi connectivity index (χ4n) is 2.93. The van der Waals surface area contributed by atoms with E-state index in [0.717, 1.165) is 24.9 Å². The molecule has 5 heteroatoms. The number of likely N-dealkylation sites (tertiary alicyclic amines) is 1. The molecule has 2 atom stereocenters. The third-order valence-electron chi connectivity index (χ3n) is 4.28. The zero-order valence-corrected chi connectivity index (χ0v) is 13.4. The van der Waals surface area contributed by atoms with Gasteiger partial charge < -0.3 is 20.1 Å². The van der Waals surface area contributed by atoms with Gasteiger partial charge in [-0.1, -0.05) is 37.3 Å². The van der Waals surface area contributed by atoms with E-state index in [9.17, 15) is 9.90 Å². The molecule has 1 heterocycles. The number of methoxy groups -OCH3 is 1. The summed E-state index contributed by atoms with van der Waals surface area (Å²) in [5, 5.41) is 12.6. The summed E-state index contributed by atoms with van der Waals surface area (Å²) in [6, 6.07) is 9.57. The standard InChI is InChI=1S/C17H26N2O3/c1-17(13-20)9-6-10-19(12-17)16(21)18-15(11-22-2)14-7-4-3-5-8-14/h3-5,7-8,15,20H,6,9-13H2,1-2H3,(H,18,21). The lowest BCUT2D eigenvalue weighted by molar-refractivity contribution is 0.0594. The molecule has 2 rings (SSSR count). The van der Waals surface area contributed by atoms with Crippen LogP contribution in [0.2, 0.25) is 0 Å². The molecule has 2 unspecified atom stereocenters. The molecule has 22 heavy (non-hydrogen) atoms. The lowest BCUT2D eigenvalue weighted by Crippen LogP contribution is -2.51. The molecule has 0 aliphatic carbocycles. The summed E-state index contributed by atoms with van der Waals surface area (Å²) in [7, 11) is 1.63. The highest BCUT2D eigenvalue weighted by molar-refractivity contribution is 5.75. The Morgan fingerprint density at radius 3 is 2.82 bits per heavy atom. The first kappa shape index (κ1) is 16.8. The average Bonchev–Trinajstić information content (AvgIpc) is 2.55. The highest BCUT2D eigenvalue weighted by Gasteiger charge is 2.33. The molecule has 5 nitrogen and oxygen atoms in total. The molecule has 0 spiro atoms. The van der Waals surface area contributed by atoms with E-state index in [1.165, 1.54) is 0 Å². The minimum Gasteiger partial charge on any atom is -0.396 e. The van der Waals surface area contributed by atoms with E-state index in [2.05, 4.69) is 5.32 Å². The van der Waals surface area contributed by atoms with Gasteiger partial charge in [0.05, 0.1) is 19.3 Å². The molecule has 1 aliphatic rings. The molecular weight excluding hydrogens is 280 g/mol. The maximum atomic E-state index is 12.5. The van der Waals surface area contributed by atoms with Crippen LogP contribution in [0.5, 0.6) is 0 Å². The second-order valence-corrected chi connectivity index (χ2v) is 6.36. The Kier molecular flexibility index (Phi) is 5.80. The van der Waals surface area contributed by atoms with Crippen molar-refractivity contribution < 1.29 is 14.6 Å². The summed E-state index contributed by atoms with van der Waals surface area (Å²) in [4.78, 5) is 14.3. The van der Waals surface area contributed by atoms with E-state index in [4.69, 9.17) is 4.74 Å². The molecule has 0 bridgehead atoms. The predicted molar refractivity (Wildman–Crippen MR) is 85.6 cm³/mol. The van der Waals surface area contributed by atoms with Crippen LogP contribution in [0.15, 0.2) is 30.3 Å². The van der Waals surface area contributed by atoms with Crippen molar-refractivity contribution in [2.24, 2.45) is 5.41 Å². The van der Waals surface area contributed by atoms with Crippen molar-refractivity contribution in [3.05, 3.63) is 35.9 Å². The number of hydrogen-bond donors (Lipinski definition) is 2. The maximum absolute atomic E-state index is 12.5. The average molecular weight is 306 g/mol. The van der Waals surface area contributed by atoms with Gasteiger partial charge in [0, 0.05) is 25.6 Å². The number of piperidine rings is 1. The Morgan fingerprint density at radius 1 is 1.45 bits per heavy atom. The van der Waals surface area contributed by atoms with Crippen LogP contribution >= 0.6 is 0 Å². The van der Waals surface area contributed by atoms with Gasteiger partial charge in [-0.2, -0.15) is 0 Å². The lowest BCUT2D eigenvalue weighted by Gasteiger charge is -2.39.